The Labute approximate surface area is 244 Å². The van der Waals surface area contributed by atoms with Gasteiger partial charge in [0.1, 0.15) is 17.5 Å². The number of hydrogen-bond acceptors (Lipinski definition) is 5. The fraction of sp³-hybridized carbons (Fsp3) is 0.394. The number of carbonyl (C=O) groups is 1. The van der Waals surface area contributed by atoms with Crippen LogP contribution in [0, 0.1) is 17.6 Å². The van der Waals surface area contributed by atoms with Crippen molar-refractivity contribution in [2.24, 2.45) is 10.9 Å². The van der Waals surface area contributed by atoms with Crippen LogP contribution in [0.1, 0.15) is 55.1 Å². The van der Waals surface area contributed by atoms with Gasteiger partial charge in [0, 0.05) is 62.3 Å². The fourth-order valence-corrected chi connectivity index (χ4v) is 5.74. The molecule has 1 N–H and O–H groups in total. The summed E-state index contributed by atoms with van der Waals surface area (Å²) in [6.07, 6.45) is 2.36. The Morgan fingerprint density at radius 3 is 2.56 bits per heavy atom. The molecule has 3 aliphatic heterocycles. The number of benzene rings is 3. The molecule has 0 spiro atoms. The molecule has 2 saturated heterocycles. The molecule has 1 amide bonds. The van der Waals surface area contributed by atoms with Crippen LogP contribution in [-0.2, 0) is 24.1 Å². The zero-order valence-electron chi connectivity index (χ0n) is 26.2. The number of nitrogens with one attached hydrogen (secondary N) is 1. The molecule has 3 aromatic carbocycles. The smallest absolute Gasteiger partial charge is 0.257 e. The number of fused-ring (bicyclic) bond motifs is 1. The van der Waals surface area contributed by atoms with Gasteiger partial charge in [0.05, 0.1) is 10.7 Å². The molecular weight excluding hydrogens is 522 g/mol. The van der Waals surface area contributed by atoms with Crippen LogP contribution in [0.3, 0.4) is 0 Å². The van der Waals surface area contributed by atoms with E-state index in [0.29, 0.717) is 60.7 Å². The normalized spacial score (nSPS) is 18.9. The van der Waals surface area contributed by atoms with Crippen molar-refractivity contribution in [1.82, 2.24) is 10.2 Å². The van der Waals surface area contributed by atoms with Gasteiger partial charge in [-0.25, -0.2) is 8.78 Å². The molecule has 41 heavy (non-hydrogen) atoms. The number of rotatable bonds is 6. The third kappa shape index (κ3) is 6.49. The average molecular weight is 562 g/mol. The second-order valence-corrected chi connectivity index (χ2v) is 11.2. The first-order valence-corrected chi connectivity index (χ1v) is 14.2. The molecule has 214 valence electrons. The van der Waals surface area contributed by atoms with E-state index >= 15 is 0 Å². The molecule has 2 fully saturated rings. The molecule has 3 heterocycles. The van der Waals surface area contributed by atoms with Crippen LogP contribution in [-0.4, -0.2) is 63.1 Å². The lowest BCUT2D eigenvalue weighted by atomic mass is 9.89. The van der Waals surface area contributed by atoms with Crippen LogP contribution in [0.15, 0.2) is 59.5 Å². The summed E-state index contributed by atoms with van der Waals surface area (Å²) in [6.45, 7) is 4.67. The van der Waals surface area contributed by atoms with E-state index in [2.05, 4.69) is 27.2 Å². The number of hydrogen-bond donors (Lipinski definition) is 1. The molecule has 3 aliphatic rings. The lowest BCUT2D eigenvalue weighted by molar-refractivity contribution is 0.0664. The third-order valence-corrected chi connectivity index (χ3v) is 8.13. The summed E-state index contributed by atoms with van der Waals surface area (Å²) in [6, 6.07) is 8.95. The van der Waals surface area contributed by atoms with Gasteiger partial charge in [0.25, 0.3) is 5.91 Å². The molecule has 6 nitrogen and oxygen atoms in total. The SMILES string of the molecule is [2H]c1cc(C(=O)NC2=NCc3ccc(Cc4cc(F)cc(F)c4)c([2H])c32)c(CC2CCOCC2)c([2H])c1N1CCN(C)CC1. The van der Waals surface area contributed by atoms with Crippen LogP contribution >= 0.6 is 0 Å². The first kappa shape index (κ1) is 24.0. The predicted molar refractivity (Wildman–Crippen MR) is 157 cm³/mol. The van der Waals surface area contributed by atoms with E-state index in [-0.39, 0.29) is 48.4 Å². The van der Waals surface area contributed by atoms with Crippen molar-refractivity contribution in [2.75, 3.05) is 51.3 Å². The van der Waals surface area contributed by atoms with Crippen LogP contribution in [0.4, 0.5) is 14.5 Å². The number of anilines is 1. The van der Waals surface area contributed by atoms with Crippen molar-refractivity contribution in [3.05, 3.63) is 99.5 Å². The summed E-state index contributed by atoms with van der Waals surface area (Å²) in [5.41, 5.74) is 3.66. The minimum absolute atomic E-state index is 0.138. The zero-order valence-corrected chi connectivity index (χ0v) is 23.2. The highest BCUT2D eigenvalue weighted by atomic mass is 19.1. The van der Waals surface area contributed by atoms with Gasteiger partial charge in [-0.05, 0) is 97.2 Å². The topological polar surface area (TPSA) is 57.2 Å². The van der Waals surface area contributed by atoms with E-state index in [9.17, 15) is 14.9 Å². The molecule has 0 bridgehead atoms. The molecule has 0 atom stereocenters. The first-order valence-electron chi connectivity index (χ1n) is 15.7. The van der Waals surface area contributed by atoms with E-state index in [0.717, 1.165) is 37.6 Å². The molecule has 0 aliphatic carbocycles. The summed E-state index contributed by atoms with van der Waals surface area (Å²) >= 11 is 0. The second-order valence-electron chi connectivity index (χ2n) is 11.2. The Bertz CT molecular complexity index is 1600. The van der Waals surface area contributed by atoms with E-state index in [1.54, 1.807) is 12.1 Å². The quantitative estimate of drug-likeness (QED) is 0.462. The van der Waals surface area contributed by atoms with Gasteiger partial charge < -0.3 is 19.9 Å². The lowest BCUT2D eigenvalue weighted by Gasteiger charge is -2.34. The van der Waals surface area contributed by atoms with Crippen molar-refractivity contribution in [3.8, 4) is 0 Å². The maximum Gasteiger partial charge on any atom is 0.257 e. The summed E-state index contributed by atoms with van der Waals surface area (Å²) in [4.78, 5) is 22.7. The number of nitrogens with zero attached hydrogens (tertiary/aromatic N) is 3. The minimum Gasteiger partial charge on any atom is -0.381 e. The highest BCUT2D eigenvalue weighted by Gasteiger charge is 2.24. The number of ether oxygens (including phenoxy) is 1. The van der Waals surface area contributed by atoms with Crippen molar-refractivity contribution in [1.29, 1.82) is 0 Å². The molecular formula is C33H36F2N4O2. The molecule has 8 heteroatoms. The second kappa shape index (κ2) is 12.1. The number of aliphatic imine (C=N–C) groups is 1. The number of carbonyl (C=O) groups excluding carboxylic acids is 1. The van der Waals surface area contributed by atoms with E-state index in [1.165, 1.54) is 12.1 Å². The monoisotopic (exact) mass is 561 g/mol. The van der Waals surface area contributed by atoms with E-state index in [4.69, 9.17) is 7.48 Å². The largest absolute Gasteiger partial charge is 0.381 e. The van der Waals surface area contributed by atoms with Gasteiger partial charge in [0.15, 0.2) is 0 Å². The molecule has 0 saturated carbocycles. The summed E-state index contributed by atoms with van der Waals surface area (Å²) in [5, 5.41) is 2.90. The minimum atomic E-state index is -0.681. The maximum atomic E-state index is 13.9. The number of amides is 1. The Morgan fingerprint density at radius 1 is 1.05 bits per heavy atom. The van der Waals surface area contributed by atoms with Gasteiger partial charge in [-0.3, -0.25) is 9.79 Å². The molecule has 0 aromatic heterocycles. The van der Waals surface area contributed by atoms with Gasteiger partial charge >= 0.3 is 0 Å². The number of likely N-dealkylation sites (N-methyl/N-ethyl adjacent to an activating group) is 1. The number of piperazine rings is 1. The van der Waals surface area contributed by atoms with Crippen LogP contribution < -0.4 is 10.2 Å². The molecule has 0 unspecified atom stereocenters. The van der Waals surface area contributed by atoms with E-state index in [1.807, 2.05) is 6.07 Å². The van der Waals surface area contributed by atoms with Crippen molar-refractivity contribution in [3.63, 3.8) is 0 Å². The number of halogens is 2. The summed E-state index contributed by atoms with van der Waals surface area (Å²) in [7, 11) is 2.06. The highest BCUT2D eigenvalue weighted by molar-refractivity contribution is 6.14. The summed E-state index contributed by atoms with van der Waals surface area (Å²) in [5.74, 6) is -1.32. The Kier molecular flexibility index (Phi) is 7.08. The Balaban J connectivity index is 1.30. The fourth-order valence-electron chi connectivity index (χ4n) is 5.74. The highest BCUT2D eigenvalue weighted by Crippen LogP contribution is 2.28. The third-order valence-electron chi connectivity index (χ3n) is 8.13. The molecule has 0 radical (unpaired) electrons. The zero-order chi connectivity index (χ0) is 31.0. The van der Waals surface area contributed by atoms with Crippen molar-refractivity contribution < 1.29 is 22.4 Å². The summed E-state index contributed by atoms with van der Waals surface area (Å²) < 4.78 is 60.2. The van der Waals surface area contributed by atoms with Gasteiger partial charge in [-0.1, -0.05) is 12.1 Å². The Hall–Kier alpha value is -3.62. The average Bonchev–Trinajstić information content (AvgIpc) is 3.40. The van der Waals surface area contributed by atoms with Crippen LogP contribution in [0.5, 0.6) is 0 Å². The van der Waals surface area contributed by atoms with Crippen molar-refractivity contribution >= 4 is 17.4 Å². The predicted octanol–water partition coefficient (Wildman–Crippen LogP) is 4.97. The van der Waals surface area contributed by atoms with Crippen molar-refractivity contribution in [2.45, 2.75) is 32.2 Å². The first-order chi connectivity index (χ1) is 21.2. The van der Waals surface area contributed by atoms with E-state index < -0.39 is 17.5 Å². The van der Waals surface area contributed by atoms with Crippen LogP contribution in [0.2, 0.25) is 0 Å². The number of amidine groups is 1. The van der Waals surface area contributed by atoms with Gasteiger partial charge in [-0.2, -0.15) is 0 Å². The van der Waals surface area contributed by atoms with Gasteiger partial charge in [-0.15, -0.1) is 0 Å². The maximum absolute atomic E-state index is 13.9. The standard InChI is InChI=1S/C33H36F2N4O2/c1-38-8-10-39(11-9-38)29-4-5-30(26(19-29)15-22-6-12-41-13-7-22)33(40)37-32-31-18-23(2-3-25(31)21-36-32)14-24-16-27(34)20-28(35)17-24/h2-5,16-20,22H,6-15,21H2,1H3,(H,36,37,40)/i4D,18D,19D. The van der Waals surface area contributed by atoms with Crippen LogP contribution in [0.25, 0.3) is 0 Å². The molecule has 6 rings (SSSR count). The van der Waals surface area contributed by atoms with Gasteiger partial charge in [0.2, 0.25) is 0 Å². The molecule has 3 aromatic rings. The Morgan fingerprint density at radius 2 is 1.80 bits per heavy atom. The lowest BCUT2D eigenvalue weighted by Crippen LogP contribution is -2.44.